The van der Waals surface area contributed by atoms with Gasteiger partial charge in [-0.05, 0) is 31.4 Å². The number of amides is 1. The van der Waals surface area contributed by atoms with Gasteiger partial charge in [0.05, 0.1) is 11.0 Å². The fraction of sp³-hybridized carbons (Fsp3) is 0.429. The number of hydrogen-bond acceptors (Lipinski definition) is 6. The maximum Gasteiger partial charge on any atom is 0.347 e. The number of para-hydroxylation sites is 1. The number of benzene rings is 1. The summed E-state index contributed by atoms with van der Waals surface area (Å²) in [5.74, 6) is -0.222. The molecule has 0 saturated carbocycles. The van der Waals surface area contributed by atoms with E-state index in [1.54, 1.807) is 11.0 Å². The number of nitrogens with one attached hydrogen (secondary N) is 1. The largest absolute Gasteiger partial charge is 0.458 e. The van der Waals surface area contributed by atoms with Gasteiger partial charge < -0.3 is 14.6 Å². The van der Waals surface area contributed by atoms with E-state index in [1.807, 2.05) is 31.2 Å². The highest BCUT2D eigenvalue weighted by molar-refractivity contribution is 7.80. The van der Waals surface area contributed by atoms with E-state index in [4.69, 9.17) is 4.74 Å². The van der Waals surface area contributed by atoms with Crippen molar-refractivity contribution in [2.45, 2.75) is 38.8 Å². The Morgan fingerprint density at radius 3 is 2.93 bits per heavy atom. The van der Waals surface area contributed by atoms with Gasteiger partial charge in [-0.2, -0.15) is 22.2 Å². The number of likely N-dealkylation sites (tertiary alicyclic amines) is 1. The van der Waals surface area contributed by atoms with Crippen LogP contribution in [0.2, 0.25) is 0 Å². The maximum atomic E-state index is 12.7. The summed E-state index contributed by atoms with van der Waals surface area (Å²) in [5.41, 5.74) is 1.49. The maximum absolute atomic E-state index is 12.7. The molecule has 0 radical (unpaired) electrons. The first-order valence-electron chi connectivity index (χ1n) is 10.1. The molecule has 1 fully saturated rings. The molecule has 2 aromatic heterocycles. The van der Waals surface area contributed by atoms with Crippen molar-refractivity contribution in [1.29, 1.82) is 0 Å². The van der Waals surface area contributed by atoms with Crippen molar-refractivity contribution in [3.8, 4) is 0 Å². The molecule has 1 aromatic carbocycles. The third kappa shape index (κ3) is 3.69. The first kappa shape index (κ1) is 20.5. The molecule has 1 aliphatic rings. The van der Waals surface area contributed by atoms with Crippen LogP contribution in [0.5, 0.6) is 0 Å². The third-order valence-electron chi connectivity index (χ3n) is 5.63. The van der Waals surface area contributed by atoms with Crippen LogP contribution in [0.1, 0.15) is 31.9 Å². The SMILES string of the molecule is CCC(CS)C(=O)N1CCC[C@H]1C(=O)OCc1cc2c3ccccc3[nH]c(=O)n2n1. The van der Waals surface area contributed by atoms with Gasteiger partial charge in [-0.25, -0.2) is 9.59 Å². The second kappa shape index (κ2) is 8.51. The van der Waals surface area contributed by atoms with E-state index in [-0.39, 0.29) is 24.1 Å². The molecule has 3 heterocycles. The molecule has 3 aromatic rings. The fourth-order valence-corrected chi connectivity index (χ4v) is 4.38. The number of aromatic amines is 1. The average molecular weight is 429 g/mol. The summed E-state index contributed by atoms with van der Waals surface area (Å²) < 4.78 is 6.75. The Hall–Kier alpha value is -2.81. The van der Waals surface area contributed by atoms with E-state index in [2.05, 4.69) is 22.7 Å². The smallest absolute Gasteiger partial charge is 0.347 e. The minimum Gasteiger partial charge on any atom is -0.458 e. The summed E-state index contributed by atoms with van der Waals surface area (Å²) in [6.45, 7) is 2.44. The van der Waals surface area contributed by atoms with Crippen molar-refractivity contribution >= 4 is 40.9 Å². The number of aromatic nitrogens is 3. The summed E-state index contributed by atoms with van der Waals surface area (Å²) >= 11 is 4.25. The van der Waals surface area contributed by atoms with Gasteiger partial charge in [0.1, 0.15) is 18.3 Å². The van der Waals surface area contributed by atoms with Crippen LogP contribution < -0.4 is 5.69 Å². The lowest BCUT2D eigenvalue weighted by Gasteiger charge is -2.26. The van der Waals surface area contributed by atoms with Gasteiger partial charge in [-0.3, -0.25) is 4.79 Å². The Morgan fingerprint density at radius 2 is 2.17 bits per heavy atom. The predicted molar refractivity (Wildman–Crippen MR) is 115 cm³/mol. The van der Waals surface area contributed by atoms with Crippen molar-refractivity contribution < 1.29 is 14.3 Å². The molecule has 1 unspecified atom stereocenters. The monoisotopic (exact) mass is 428 g/mol. The van der Waals surface area contributed by atoms with Gasteiger partial charge in [0.2, 0.25) is 5.91 Å². The third-order valence-corrected chi connectivity index (χ3v) is 6.07. The fourth-order valence-electron chi connectivity index (χ4n) is 3.96. The van der Waals surface area contributed by atoms with Gasteiger partial charge >= 0.3 is 11.7 Å². The topological polar surface area (TPSA) is 96.8 Å². The standard InChI is InChI=1S/C21H24N4O4S/c1-2-13(12-30)19(26)24-9-5-8-17(24)20(27)29-11-14-10-18-15-6-3-4-7-16(15)22-21(28)25(18)23-14/h3-4,6-7,10,13,17,30H,2,5,8-9,11-12H2,1H3,(H,22,28)/t13?,17-/m0/s1. The highest BCUT2D eigenvalue weighted by Gasteiger charge is 2.37. The summed E-state index contributed by atoms with van der Waals surface area (Å²) in [4.78, 5) is 42.1. The lowest BCUT2D eigenvalue weighted by atomic mass is 10.1. The number of carbonyl (C=O) groups is 2. The molecule has 8 nitrogen and oxygen atoms in total. The number of hydrogen-bond donors (Lipinski definition) is 2. The van der Waals surface area contributed by atoms with Crippen LogP contribution in [0.25, 0.3) is 16.4 Å². The van der Waals surface area contributed by atoms with Crippen LogP contribution in [0.15, 0.2) is 35.1 Å². The Morgan fingerprint density at radius 1 is 1.37 bits per heavy atom. The number of H-pyrrole nitrogens is 1. The van der Waals surface area contributed by atoms with Crippen LogP contribution >= 0.6 is 12.6 Å². The van der Waals surface area contributed by atoms with Crippen molar-refractivity contribution in [3.63, 3.8) is 0 Å². The number of carbonyl (C=O) groups excluding carboxylic acids is 2. The Kier molecular flexibility index (Phi) is 5.80. The van der Waals surface area contributed by atoms with Crippen LogP contribution in [0, 0.1) is 5.92 Å². The first-order chi connectivity index (χ1) is 14.5. The van der Waals surface area contributed by atoms with Crippen LogP contribution in [-0.2, 0) is 20.9 Å². The minimum atomic E-state index is -0.576. The van der Waals surface area contributed by atoms with Gasteiger partial charge in [-0.15, -0.1) is 0 Å². The number of thiol groups is 1. The molecule has 0 bridgehead atoms. The van der Waals surface area contributed by atoms with E-state index >= 15 is 0 Å². The lowest BCUT2D eigenvalue weighted by molar-refractivity contribution is -0.155. The lowest BCUT2D eigenvalue weighted by Crippen LogP contribution is -2.44. The van der Waals surface area contributed by atoms with Crippen LogP contribution in [0.4, 0.5) is 0 Å². The van der Waals surface area contributed by atoms with Crippen LogP contribution in [-0.4, -0.2) is 49.7 Å². The Balaban J connectivity index is 1.50. The van der Waals surface area contributed by atoms with E-state index in [0.29, 0.717) is 41.9 Å². The molecule has 1 N–H and O–H groups in total. The normalized spacial score (nSPS) is 17.5. The van der Waals surface area contributed by atoms with E-state index in [1.165, 1.54) is 4.52 Å². The second-order valence-corrected chi connectivity index (χ2v) is 7.86. The van der Waals surface area contributed by atoms with E-state index in [0.717, 1.165) is 11.8 Å². The Bertz CT molecular complexity index is 1150. The quantitative estimate of drug-likeness (QED) is 0.463. The molecule has 4 rings (SSSR count). The molecule has 2 atom stereocenters. The van der Waals surface area contributed by atoms with Crippen molar-refractivity contribution in [1.82, 2.24) is 19.5 Å². The number of fused-ring (bicyclic) bond motifs is 3. The predicted octanol–water partition coefficient (Wildman–Crippen LogP) is 2.17. The first-order valence-corrected chi connectivity index (χ1v) is 10.7. The molecule has 0 spiro atoms. The van der Waals surface area contributed by atoms with E-state index < -0.39 is 12.0 Å². The average Bonchev–Trinajstić information content (AvgIpc) is 3.41. The van der Waals surface area contributed by atoms with Crippen LogP contribution in [0.3, 0.4) is 0 Å². The zero-order valence-corrected chi connectivity index (χ0v) is 17.6. The zero-order chi connectivity index (χ0) is 21.3. The number of esters is 1. The molecule has 1 amide bonds. The molecule has 30 heavy (non-hydrogen) atoms. The highest BCUT2D eigenvalue weighted by atomic mass is 32.1. The number of nitrogens with zero attached hydrogens (tertiary/aromatic N) is 3. The summed E-state index contributed by atoms with van der Waals surface area (Å²) in [5, 5.41) is 5.13. The molecular formula is C21H24N4O4S. The van der Waals surface area contributed by atoms with E-state index in [9.17, 15) is 14.4 Å². The van der Waals surface area contributed by atoms with Gasteiger partial charge in [0, 0.05) is 23.6 Å². The number of rotatable bonds is 6. The van der Waals surface area contributed by atoms with Gasteiger partial charge in [0.25, 0.3) is 0 Å². The molecule has 1 saturated heterocycles. The second-order valence-electron chi connectivity index (χ2n) is 7.49. The minimum absolute atomic E-state index is 0.0438. The molecule has 9 heteroatoms. The molecule has 0 aliphatic carbocycles. The molecular weight excluding hydrogens is 404 g/mol. The summed E-state index contributed by atoms with van der Waals surface area (Å²) in [7, 11) is 0. The van der Waals surface area contributed by atoms with Crippen molar-refractivity contribution in [3.05, 3.63) is 46.5 Å². The van der Waals surface area contributed by atoms with Gasteiger partial charge in [-0.1, -0.05) is 25.1 Å². The molecule has 1 aliphatic heterocycles. The zero-order valence-electron chi connectivity index (χ0n) is 16.7. The highest BCUT2D eigenvalue weighted by Crippen LogP contribution is 2.23. The molecule has 158 valence electrons. The Labute approximate surface area is 178 Å². The van der Waals surface area contributed by atoms with Gasteiger partial charge in [0.15, 0.2) is 0 Å². The number of ether oxygens (including phenoxy) is 1. The van der Waals surface area contributed by atoms with Crippen molar-refractivity contribution in [2.75, 3.05) is 12.3 Å². The summed E-state index contributed by atoms with van der Waals surface area (Å²) in [6.07, 6.45) is 2.04. The van der Waals surface area contributed by atoms with Crippen molar-refractivity contribution in [2.24, 2.45) is 5.92 Å². The summed E-state index contributed by atoms with van der Waals surface area (Å²) in [6, 6.07) is 8.62.